The summed E-state index contributed by atoms with van der Waals surface area (Å²) in [6.07, 6.45) is 6.21. The van der Waals surface area contributed by atoms with E-state index in [1.165, 1.54) is 0 Å². The summed E-state index contributed by atoms with van der Waals surface area (Å²) in [6.45, 7) is 7.38. The Hall–Kier alpha value is -0.810. The third kappa shape index (κ3) is 3.68. The van der Waals surface area contributed by atoms with E-state index in [9.17, 15) is 0 Å². The number of hydrogen-bond acceptors (Lipinski definition) is 2. The van der Waals surface area contributed by atoms with E-state index in [-0.39, 0.29) is 6.10 Å². The van der Waals surface area contributed by atoms with Crippen molar-refractivity contribution in [3.05, 3.63) is 12.2 Å². The van der Waals surface area contributed by atoms with Crippen LogP contribution in [0.4, 0.5) is 0 Å². The third-order valence-electron chi connectivity index (χ3n) is 2.98. The summed E-state index contributed by atoms with van der Waals surface area (Å²) < 4.78 is 5.73. The minimum Gasteiger partial charge on any atom is -0.374 e. The topological polar surface area (TPSA) is 33.0 Å². The van der Waals surface area contributed by atoms with Crippen LogP contribution >= 0.6 is 0 Å². The van der Waals surface area contributed by atoms with Crippen molar-refractivity contribution in [2.24, 2.45) is 17.8 Å². The molecule has 0 aliphatic carbocycles. The highest BCUT2D eigenvalue weighted by Gasteiger charge is 2.32. The number of rotatable bonds is 4. The van der Waals surface area contributed by atoms with Crippen molar-refractivity contribution >= 4 is 0 Å². The maximum Gasteiger partial charge on any atom is 0.0787 e. The Balaban J connectivity index is 2.52. The summed E-state index contributed by atoms with van der Waals surface area (Å²) in [5, 5.41) is 8.61. The summed E-state index contributed by atoms with van der Waals surface area (Å²) in [5.74, 6) is 1.68. The minimum absolute atomic E-state index is 0.232. The lowest BCUT2D eigenvalue weighted by Gasteiger charge is -2.17. The van der Waals surface area contributed by atoms with Crippen molar-refractivity contribution in [2.75, 3.05) is 6.61 Å². The van der Waals surface area contributed by atoms with Crippen LogP contribution in [0.5, 0.6) is 0 Å². The van der Waals surface area contributed by atoms with Gasteiger partial charge in [0, 0.05) is 6.42 Å². The van der Waals surface area contributed by atoms with Crippen molar-refractivity contribution in [3.8, 4) is 6.07 Å². The monoisotopic (exact) mass is 207 g/mol. The molecule has 0 saturated carbocycles. The molecule has 0 spiro atoms. The maximum atomic E-state index is 8.61. The van der Waals surface area contributed by atoms with E-state index in [2.05, 4.69) is 39.0 Å². The Morgan fingerprint density at radius 2 is 2.27 bits per heavy atom. The van der Waals surface area contributed by atoms with Gasteiger partial charge in [0.05, 0.1) is 18.8 Å². The predicted octanol–water partition coefficient (Wildman–Crippen LogP) is 3.15. The summed E-state index contributed by atoms with van der Waals surface area (Å²) in [5.41, 5.74) is 0. The van der Waals surface area contributed by atoms with E-state index in [0.717, 1.165) is 13.0 Å². The molecule has 0 N–H and O–H groups in total. The van der Waals surface area contributed by atoms with E-state index in [0.29, 0.717) is 24.2 Å². The first-order chi connectivity index (χ1) is 7.15. The molecule has 0 aromatic heterocycles. The van der Waals surface area contributed by atoms with Gasteiger partial charge >= 0.3 is 0 Å². The number of allylic oxidation sites excluding steroid dienone is 1. The first kappa shape index (κ1) is 12.3. The van der Waals surface area contributed by atoms with Gasteiger partial charge in [0.1, 0.15) is 0 Å². The van der Waals surface area contributed by atoms with Crippen molar-refractivity contribution in [2.45, 2.75) is 39.7 Å². The second kappa shape index (κ2) is 5.92. The fourth-order valence-electron chi connectivity index (χ4n) is 2.04. The van der Waals surface area contributed by atoms with Gasteiger partial charge < -0.3 is 4.74 Å². The van der Waals surface area contributed by atoms with Crippen LogP contribution in [0, 0.1) is 29.1 Å². The van der Waals surface area contributed by atoms with Crippen LogP contribution in [-0.2, 0) is 4.74 Å². The van der Waals surface area contributed by atoms with Crippen molar-refractivity contribution in [3.63, 3.8) is 0 Å². The zero-order chi connectivity index (χ0) is 11.3. The Bertz CT molecular complexity index is 252. The molecule has 15 heavy (non-hydrogen) atoms. The van der Waals surface area contributed by atoms with Gasteiger partial charge in [-0.3, -0.25) is 0 Å². The van der Waals surface area contributed by atoms with E-state index in [1.54, 1.807) is 0 Å². The molecular formula is C13H21NO. The first-order valence-electron chi connectivity index (χ1n) is 5.82. The largest absolute Gasteiger partial charge is 0.374 e. The Labute approximate surface area is 92.9 Å². The number of ether oxygens (including phenoxy) is 1. The number of nitriles is 1. The highest BCUT2D eigenvalue weighted by atomic mass is 16.5. The van der Waals surface area contributed by atoms with Gasteiger partial charge in [-0.05, 0) is 24.2 Å². The summed E-state index contributed by atoms with van der Waals surface area (Å²) in [7, 11) is 0. The SMILES string of the molecule is CC(C)/C=C/[C@H]1OC[C@H](C)[C@@H]1CCC#N. The summed E-state index contributed by atoms with van der Waals surface area (Å²) >= 11 is 0. The van der Waals surface area contributed by atoms with Crippen molar-refractivity contribution < 1.29 is 4.74 Å². The molecule has 0 aromatic rings. The second-order valence-electron chi connectivity index (χ2n) is 4.76. The minimum atomic E-state index is 0.232. The zero-order valence-electron chi connectivity index (χ0n) is 9.94. The fourth-order valence-corrected chi connectivity index (χ4v) is 2.04. The second-order valence-corrected chi connectivity index (χ2v) is 4.76. The lowest BCUT2D eigenvalue weighted by molar-refractivity contribution is 0.125. The smallest absolute Gasteiger partial charge is 0.0787 e. The standard InChI is InChI=1S/C13H21NO/c1-10(2)6-7-13-12(5-4-8-14)11(3)9-15-13/h6-7,10-13H,4-5,9H2,1-3H3/b7-6+/t11-,12-,13+/m0/s1. The van der Waals surface area contributed by atoms with Gasteiger partial charge in [-0.25, -0.2) is 0 Å². The van der Waals surface area contributed by atoms with Crippen LogP contribution in [0.25, 0.3) is 0 Å². The van der Waals surface area contributed by atoms with Gasteiger partial charge in [0.25, 0.3) is 0 Å². The maximum absolute atomic E-state index is 8.61. The van der Waals surface area contributed by atoms with Crippen LogP contribution in [0.15, 0.2) is 12.2 Å². The lowest BCUT2D eigenvalue weighted by atomic mass is 9.88. The average molecular weight is 207 g/mol. The zero-order valence-corrected chi connectivity index (χ0v) is 9.94. The van der Waals surface area contributed by atoms with Crippen LogP contribution in [-0.4, -0.2) is 12.7 Å². The molecule has 0 bridgehead atoms. The van der Waals surface area contributed by atoms with Crippen LogP contribution in [0.3, 0.4) is 0 Å². The number of nitrogens with zero attached hydrogens (tertiary/aromatic N) is 1. The predicted molar refractivity (Wildman–Crippen MR) is 61.2 cm³/mol. The van der Waals surface area contributed by atoms with Crippen molar-refractivity contribution in [1.29, 1.82) is 5.26 Å². The van der Waals surface area contributed by atoms with Gasteiger partial charge in [0.15, 0.2) is 0 Å². The van der Waals surface area contributed by atoms with Crippen LogP contribution in [0.1, 0.15) is 33.6 Å². The highest BCUT2D eigenvalue weighted by molar-refractivity contribution is 4.99. The van der Waals surface area contributed by atoms with Gasteiger partial charge in [-0.1, -0.05) is 32.9 Å². The fraction of sp³-hybridized carbons (Fsp3) is 0.769. The van der Waals surface area contributed by atoms with Crippen LogP contribution in [0.2, 0.25) is 0 Å². The Morgan fingerprint density at radius 3 is 2.87 bits per heavy atom. The summed E-state index contributed by atoms with van der Waals surface area (Å²) in [4.78, 5) is 0. The van der Waals surface area contributed by atoms with E-state index < -0.39 is 0 Å². The average Bonchev–Trinajstić information content (AvgIpc) is 2.53. The molecule has 0 unspecified atom stereocenters. The molecule has 0 amide bonds. The van der Waals surface area contributed by atoms with Crippen LogP contribution < -0.4 is 0 Å². The Kier molecular flexibility index (Phi) is 4.84. The molecule has 1 heterocycles. The highest BCUT2D eigenvalue weighted by Crippen LogP contribution is 2.31. The normalized spacial score (nSPS) is 31.3. The molecule has 1 aliphatic rings. The van der Waals surface area contributed by atoms with Gasteiger partial charge in [-0.2, -0.15) is 5.26 Å². The summed E-state index contributed by atoms with van der Waals surface area (Å²) in [6, 6.07) is 2.22. The van der Waals surface area contributed by atoms with E-state index >= 15 is 0 Å². The Morgan fingerprint density at radius 1 is 1.53 bits per heavy atom. The molecule has 1 rings (SSSR count). The molecule has 2 nitrogen and oxygen atoms in total. The molecule has 84 valence electrons. The third-order valence-corrected chi connectivity index (χ3v) is 2.98. The van der Waals surface area contributed by atoms with Gasteiger partial charge in [0.2, 0.25) is 0 Å². The quantitative estimate of drug-likeness (QED) is 0.663. The number of hydrogen-bond donors (Lipinski definition) is 0. The molecule has 3 atom stereocenters. The molecule has 1 fully saturated rings. The molecule has 1 saturated heterocycles. The molecule has 0 radical (unpaired) electrons. The molecule has 1 aliphatic heterocycles. The molecular weight excluding hydrogens is 186 g/mol. The molecule has 2 heteroatoms. The van der Waals surface area contributed by atoms with Crippen molar-refractivity contribution in [1.82, 2.24) is 0 Å². The van der Waals surface area contributed by atoms with E-state index in [4.69, 9.17) is 10.00 Å². The first-order valence-corrected chi connectivity index (χ1v) is 5.82. The van der Waals surface area contributed by atoms with Gasteiger partial charge in [-0.15, -0.1) is 0 Å². The lowest BCUT2D eigenvalue weighted by Crippen LogP contribution is -2.17. The van der Waals surface area contributed by atoms with E-state index in [1.807, 2.05) is 0 Å². The molecule has 0 aromatic carbocycles.